The largest absolute Gasteiger partial charge is 0.489 e. The second-order valence-electron chi connectivity index (χ2n) is 5.04. The van der Waals surface area contributed by atoms with E-state index in [0.717, 1.165) is 16.9 Å². The summed E-state index contributed by atoms with van der Waals surface area (Å²) in [7, 11) is 0. The normalized spacial score (nSPS) is 20.4. The van der Waals surface area contributed by atoms with Gasteiger partial charge in [0.25, 0.3) is 0 Å². The summed E-state index contributed by atoms with van der Waals surface area (Å²) in [6.07, 6.45) is 0.650. The average molecular weight is 269 g/mol. The summed E-state index contributed by atoms with van der Waals surface area (Å²) in [5.41, 5.74) is 2.14. The first-order valence-corrected chi connectivity index (χ1v) is 6.64. The fourth-order valence-corrected chi connectivity index (χ4v) is 2.32. The molecule has 0 bridgehead atoms. The summed E-state index contributed by atoms with van der Waals surface area (Å²) in [5.74, 6) is 0.865. The Morgan fingerprint density at radius 2 is 1.80 bits per heavy atom. The first-order valence-electron chi connectivity index (χ1n) is 6.64. The van der Waals surface area contributed by atoms with Gasteiger partial charge < -0.3 is 4.74 Å². The molecule has 3 rings (SSSR count). The van der Waals surface area contributed by atoms with E-state index in [2.05, 4.69) is 0 Å². The number of nitrogens with zero attached hydrogens (tertiary/aromatic N) is 1. The number of hydrogen-bond donors (Lipinski definition) is 0. The van der Waals surface area contributed by atoms with Crippen LogP contribution in [0.1, 0.15) is 23.5 Å². The summed E-state index contributed by atoms with van der Waals surface area (Å²) in [6.45, 7) is 0.529. The Morgan fingerprint density at radius 3 is 2.40 bits per heavy atom. The fourth-order valence-electron chi connectivity index (χ4n) is 2.32. The van der Waals surface area contributed by atoms with Crippen molar-refractivity contribution in [2.24, 2.45) is 0 Å². The van der Waals surface area contributed by atoms with E-state index in [0.29, 0.717) is 13.0 Å². The Balaban J connectivity index is 1.58. The lowest BCUT2D eigenvalue weighted by atomic mass is 10.1. The summed E-state index contributed by atoms with van der Waals surface area (Å²) in [5, 5.41) is 10.7. The predicted molar refractivity (Wildman–Crippen MR) is 75.4 cm³/mol. The van der Waals surface area contributed by atoms with Crippen molar-refractivity contribution in [1.82, 2.24) is 0 Å². The van der Waals surface area contributed by atoms with E-state index in [9.17, 15) is 10.1 Å². The van der Waals surface area contributed by atoms with Gasteiger partial charge in [-0.25, -0.2) is 0 Å². The van der Waals surface area contributed by atoms with Crippen LogP contribution in [0.3, 0.4) is 0 Å². The molecule has 2 aromatic carbocycles. The fraction of sp³-hybridized carbons (Fsp3) is 0.250. The van der Waals surface area contributed by atoms with E-state index >= 15 is 0 Å². The first kappa shape index (κ1) is 12.7. The highest BCUT2D eigenvalue weighted by Gasteiger charge is 2.49. The molecular formula is C16H15NO3. The Bertz CT molecular complexity index is 595. The molecular weight excluding hydrogens is 254 g/mol. The van der Waals surface area contributed by atoms with Crippen molar-refractivity contribution < 1.29 is 9.66 Å². The van der Waals surface area contributed by atoms with Crippen LogP contribution in [0.5, 0.6) is 5.75 Å². The van der Waals surface area contributed by atoms with Gasteiger partial charge in [-0.3, -0.25) is 10.1 Å². The van der Waals surface area contributed by atoms with Crippen molar-refractivity contribution in [3.8, 4) is 5.75 Å². The number of rotatable bonds is 5. The van der Waals surface area contributed by atoms with Gasteiger partial charge in [0.15, 0.2) is 0 Å². The minimum Gasteiger partial charge on any atom is -0.489 e. The zero-order chi connectivity index (χ0) is 13.9. The van der Waals surface area contributed by atoms with Gasteiger partial charge in [0, 0.05) is 11.3 Å². The molecule has 0 amide bonds. The van der Waals surface area contributed by atoms with Crippen molar-refractivity contribution in [3.05, 3.63) is 75.8 Å². The molecule has 4 nitrogen and oxygen atoms in total. The third-order valence-electron chi connectivity index (χ3n) is 3.58. The molecule has 1 aliphatic rings. The van der Waals surface area contributed by atoms with E-state index in [1.54, 1.807) is 0 Å². The van der Waals surface area contributed by atoms with Crippen LogP contribution in [0.4, 0.5) is 0 Å². The summed E-state index contributed by atoms with van der Waals surface area (Å²) < 4.78 is 5.69. The van der Waals surface area contributed by atoms with Crippen LogP contribution in [0, 0.1) is 10.1 Å². The standard InChI is InChI=1S/C16H15NO3/c18-17(19)16-10-15(16)13-6-8-14(9-7-13)20-11-12-4-2-1-3-5-12/h1-9,15-16H,10-11H2/t15?,16-/m1/s1. The number of nitro groups is 1. The molecule has 4 heteroatoms. The van der Waals surface area contributed by atoms with E-state index in [1.807, 2.05) is 54.6 Å². The molecule has 0 aliphatic heterocycles. The molecule has 2 atom stereocenters. The number of ether oxygens (including phenoxy) is 1. The van der Waals surface area contributed by atoms with Gasteiger partial charge >= 0.3 is 0 Å². The van der Waals surface area contributed by atoms with Gasteiger partial charge in [0.05, 0.1) is 5.92 Å². The minimum atomic E-state index is -0.397. The second-order valence-corrected chi connectivity index (χ2v) is 5.04. The van der Waals surface area contributed by atoms with Crippen LogP contribution < -0.4 is 4.74 Å². The van der Waals surface area contributed by atoms with Crippen molar-refractivity contribution >= 4 is 0 Å². The Kier molecular flexibility index (Phi) is 3.37. The lowest BCUT2D eigenvalue weighted by Gasteiger charge is -2.07. The van der Waals surface area contributed by atoms with Crippen molar-refractivity contribution in [2.45, 2.75) is 25.0 Å². The van der Waals surface area contributed by atoms with E-state index in [4.69, 9.17) is 4.74 Å². The average Bonchev–Trinajstić information content (AvgIpc) is 3.27. The number of benzene rings is 2. The Hall–Kier alpha value is -2.36. The molecule has 0 saturated heterocycles. The summed E-state index contributed by atoms with van der Waals surface area (Å²) in [4.78, 5) is 10.5. The maximum atomic E-state index is 10.7. The van der Waals surface area contributed by atoms with Crippen molar-refractivity contribution in [1.29, 1.82) is 0 Å². The molecule has 1 saturated carbocycles. The topological polar surface area (TPSA) is 52.4 Å². The van der Waals surface area contributed by atoms with Gasteiger partial charge in [0.1, 0.15) is 12.4 Å². The van der Waals surface area contributed by atoms with E-state index < -0.39 is 6.04 Å². The highest BCUT2D eigenvalue weighted by atomic mass is 16.6. The van der Waals surface area contributed by atoms with Gasteiger partial charge in [-0.2, -0.15) is 0 Å². The highest BCUT2D eigenvalue weighted by molar-refractivity contribution is 5.33. The maximum Gasteiger partial charge on any atom is 0.221 e. The lowest BCUT2D eigenvalue weighted by Crippen LogP contribution is -2.02. The SMILES string of the molecule is O=[N+]([O-])[C@@H]1CC1c1ccc(OCc2ccccc2)cc1. The van der Waals surface area contributed by atoms with Crippen LogP contribution in [0.2, 0.25) is 0 Å². The molecule has 0 heterocycles. The molecule has 0 aromatic heterocycles. The smallest absolute Gasteiger partial charge is 0.221 e. The van der Waals surface area contributed by atoms with Gasteiger partial charge in [-0.15, -0.1) is 0 Å². The first-order chi connectivity index (χ1) is 9.74. The Labute approximate surface area is 117 Å². The number of hydrogen-bond acceptors (Lipinski definition) is 3. The maximum absolute atomic E-state index is 10.7. The lowest BCUT2D eigenvalue weighted by molar-refractivity contribution is -0.496. The minimum absolute atomic E-state index is 0.0770. The van der Waals surface area contributed by atoms with Crippen LogP contribution in [0.25, 0.3) is 0 Å². The van der Waals surface area contributed by atoms with Crippen LogP contribution >= 0.6 is 0 Å². The molecule has 102 valence electrons. The predicted octanol–water partition coefficient (Wildman–Crippen LogP) is 3.40. The van der Waals surface area contributed by atoms with Gasteiger partial charge in [0.2, 0.25) is 6.04 Å². The van der Waals surface area contributed by atoms with Crippen LogP contribution in [0.15, 0.2) is 54.6 Å². The van der Waals surface area contributed by atoms with Gasteiger partial charge in [-0.1, -0.05) is 42.5 Å². The monoisotopic (exact) mass is 269 g/mol. The Morgan fingerprint density at radius 1 is 1.10 bits per heavy atom. The quantitative estimate of drug-likeness (QED) is 0.617. The third-order valence-corrected chi connectivity index (χ3v) is 3.58. The summed E-state index contributed by atoms with van der Waals surface area (Å²) in [6, 6.07) is 17.2. The molecule has 0 N–H and O–H groups in total. The second kappa shape index (κ2) is 5.33. The van der Waals surface area contributed by atoms with Crippen LogP contribution in [-0.2, 0) is 6.61 Å². The molecule has 1 aliphatic carbocycles. The van der Waals surface area contributed by atoms with Gasteiger partial charge in [-0.05, 0) is 23.3 Å². The van der Waals surface area contributed by atoms with E-state index in [-0.39, 0.29) is 10.8 Å². The van der Waals surface area contributed by atoms with Crippen molar-refractivity contribution in [2.75, 3.05) is 0 Å². The van der Waals surface area contributed by atoms with Crippen LogP contribution in [-0.4, -0.2) is 11.0 Å². The molecule has 1 unspecified atom stereocenters. The third kappa shape index (κ3) is 2.79. The van der Waals surface area contributed by atoms with Crippen molar-refractivity contribution in [3.63, 3.8) is 0 Å². The van der Waals surface area contributed by atoms with E-state index in [1.165, 1.54) is 0 Å². The molecule has 2 aromatic rings. The molecule has 0 spiro atoms. The zero-order valence-electron chi connectivity index (χ0n) is 10.9. The highest BCUT2D eigenvalue weighted by Crippen LogP contribution is 2.43. The molecule has 0 radical (unpaired) electrons. The molecule has 20 heavy (non-hydrogen) atoms. The summed E-state index contributed by atoms with van der Waals surface area (Å²) >= 11 is 0. The molecule has 1 fully saturated rings. The zero-order valence-corrected chi connectivity index (χ0v) is 10.9.